The molecule has 0 fully saturated rings. The summed E-state index contributed by atoms with van der Waals surface area (Å²) in [4.78, 5) is 12.0. The molecule has 0 aliphatic rings. The van der Waals surface area contributed by atoms with Crippen LogP contribution in [0.4, 0.5) is 5.69 Å². The first kappa shape index (κ1) is 16.1. The molecule has 0 saturated heterocycles. The van der Waals surface area contributed by atoms with Gasteiger partial charge >= 0.3 is 5.97 Å². The summed E-state index contributed by atoms with van der Waals surface area (Å²) in [5, 5.41) is 3.09. The summed E-state index contributed by atoms with van der Waals surface area (Å²) in [6.45, 7) is 2.10. The maximum absolute atomic E-state index is 12.0. The standard InChI is InChI=1S/C18H16BrNO2/c1-2-22-18(21)17(13-8-14-6-4-3-5-7-14)20-16-11-9-15(19)10-12-16/h3-7,9-12,17,20H,2H2,1H3. The Bertz CT molecular complexity index is 672. The van der Waals surface area contributed by atoms with Gasteiger partial charge in [-0.05, 0) is 43.3 Å². The number of carbonyl (C=O) groups is 1. The van der Waals surface area contributed by atoms with Gasteiger partial charge in [0.1, 0.15) is 0 Å². The Morgan fingerprint density at radius 2 is 1.86 bits per heavy atom. The van der Waals surface area contributed by atoms with Crippen molar-refractivity contribution in [1.82, 2.24) is 0 Å². The Morgan fingerprint density at radius 1 is 1.18 bits per heavy atom. The number of rotatable bonds is 4. The van der Waals surface area contributed by atoms with Crippen LogP contribution in [0.3, 0.4) is 0 Å². The Morgan fingerprint density at radius 3 is 2.50 bits per heavy atom. The lowest BCUT2D eigenvalue weighted by Gasteiger charge is -2.13. The molecule has 0 aliphatic heterocycles. The van der Waals surface area contributed by atoms with Crippen LogP contribution in [0.25, 0.3) is 0 Å². The zero-order valence-electron chi connectivity index (χ0n) is 12.2. The number of nitrogens with one attached hydrogen (secondary N) is 1. The number of esters is 1. The van der Waals surface area contributed by atoms with Crippen molar-refractivity contribution >= 4 is 27.6 Å². The summed E-state index contributed by atoms with van der Waals surface area (Å²) < 4.78 is 6.05. The predicted octanol–water partition coefficient (Wildman–Crippen LogP) is 3.84. The van der Waals surface area contributed by atoms with Crippen LogP contribution >= 0.6 is 15.9 Å². The number of ether oxygens (including phenoxy) is 1. The Balaban J connectivity index is 2.18. The first-order valence-corrected chi connectivity index (χ1v) is 7.73. The van der Waals surface area contributed by atoms with Crippen molar-refractivity contribution in [3.63, 3.8) is 0 Å². The molecule has 4 heteroatoms. The highest BCUT2D eigenvalue weighted by atomic mass is 79.9. The van der Waals surface area contributed by atoms with Crippen molar-refractivity contribution in [3.8, 4) is 11.8 Å². The van der Waals surface area contributed by atoms with Gasteiger partial charge in [-0.2, -0.15) is 0 Å². The highest BCUT2D eigenvalue weighted by molar-refractivity contribution is 9.10. The second kappa shape index (κ2) is 8.26. The molecule has 1 N–H and O–H groups in total. The summed E-state index contributed by atoms with van der Waals surface area (Å²) >= 11 is 3.38. The molecule has 0 bridgehead atoms. The van der Waals surface area contributed by atoms with Gasteiger partial charge in [0, 0.05) is 15.7 Å². The smallest absolute Gasteiger partial charge is 0.341 e. The molecular formula is C18H16BrNO2. The van der Waals surface area contributed by atoms with E-state index in [-0.39, 0.29) is 5.97 Å². The van der Waals surface area contributed by atoms with E-state index in [1.54, 1.807) is 6.92 Å². The summed E-state index contributed by atoms with van der Waals surface area (Å²) in [6.07, 6.45) is 0. The molecule has 0 spiro atoms. The molecule has 0 radical (unpaired) electrons. The quantitative estimate of drug-likeness (QED) is 0.667. The van der Waals surface area contributed by atoms with Gasteiger partial charge in [0.15, 0.2) is 6.04 Å². The lowest BCUT2D eigenvalue weighted by Crippen LogP contribution is -2.30. The number of benzene rings is 2. The SMILES string of the molecule is CCOC(=O)C(C#Cc1ccccc1)Nc1ccc(Br)cc1. The number of halogens is 1. The fraction of sp³-hybridized carbons (Fsp3) is 0.167. The van der Waals surface area contributed by atoms with Gasteiger partial charge in [0.25, 0.3) is 0 Å². The summed E-state index contributed by atoms with van der Waals surface area (Å²) in [5.41, 5.74) is 1.66. The van der Waals surface area contributed by atoms with E-state index in [9.17, 15) is 4.79 Å². The van der Waals surface area contributed by atoms with Crippen LogP contribution in [0.5, 0.6) is 0 Å². The van der Waals surface area contributed by atoms with Crippen molar-refractivity contribution in [3.05, 3.63) is 64.6 Å². The first-order valence-electron chi connectivity index (χ1n) is 6.94. The van der Waals surface area contributed by atoms with Gasteiger partial charge in [-0.15, -0.1) is 0 Å². The average molecular weight is 358 g/mol. The van der Waals surface area contributed by atoms with Crippen molar-refractivity contribution in [2.75, 3.05) is 11.9 Å². The molecule has 0 saturated carbocycles. The maximum atomic E-state index is 12.0. The monoisotopic (exact) mass is 357 g/mol. The molecule has 2 aromatic rings. The van der Waals surface area contributed by atoms with E-state index >= 15 is 0 Å². The summed E-state index contributed by atoms with van der Waals surface area (Å²) in [6, 6.07) is 16.4. The van der Waals surface area contributed by atoms with E-state index in [0.29, 0.717) is 6.61 Å². The highest BCUT2D eigenvalue weighted by Crippen LogP contribution is 2.15. The Hall–Kier alpha value is -2.25. The second-order valence-electron chi connectivity index (χ2n) is 4.47. The van der Waals surface area contributed by atoms with Crippen molar-refractivity contribution in [2.45, 2.75) is 13.0 Å². The fourth-order valence-electron chi connectivity index (χ4n) is 1.77. The minimum Gasteiger partial charge on any atom is -0.464 e. The van der Waals surface area contributed by atoms with Crippen molar-refractivity contribution in [2.24, 2.45) is 0 Å². The third-order valence-corrected chi connectivity index (χ3v) is 3.34. The average Bonchev–Trinajstić information content (AvgIpc) is 2.54. The van der Waals surface area contributed by atoms with Crippen molar-refractivity contribution in [1.29, 1.82) is 0 Å². The van der Waals surface area contributed by atoms with E-state index in [4.69, 9.17) is 4.74 Å². The van der Waals surface area contributed by atoms with Crippen LogP contribution in [0, 0.1) is 11.8 Å². The van der Waals surface area contributed by atoms with Gasteiger partial charge in [-0.1, -0.05) is 46.0 Å². The van der Waals surface area contributed by atoms with Crippen LogP contribution in [-0.4, -0.2) is 18.6 Å². The normalized spacial score (nSPS) is 11.0. The first-order chi connectivity index (χ1) is 10.7. The zero-order valence-corrected chi connectivity index (χ0v) is 13.8. The van der Waals surface area contributed by atoms with Crippen LogP contribution in [0.1, 0.15) is 12.5 Å². The van der Waals surface area contributed by atoms with Gasteiger partial charge in [-0.25, -0.2) is 4.79 Å². The van der Waals surface area contributed by atoms with Gasteiger partial charge in [-0.3, -0.25) is 0 Å². The van der Waals surface area contributed by atoms with E-state index in [1.807, 2.05) is 54.6 Å². The lowest BCUT2D eigenvalue weighted by molar-refractivity contribution is -0.142. The van der Waals surface area contributed by atoms with Gasteiger partial charge in [0.05, 0.1) is 6.61 Å². The van der Waals surface area contributed by atoms with E-state index in [2.05, 4.69) is 33.1 Å². The molecule has 1 atom stereocenters. The fourth-order valence-corrected chi connectivity index (χ4v) is 2.03. The predicted molar refractivity (Wildman–Crippen MR) is 91.5 cm³/mol. The van der Waals surface area contributed by atoms with Crippen LogP contribution in [0.2, 0.25) is 0 Å². The van der Waals surface area contributed by atoms with Gasteiger partial charge < -0.3 is 10.1 Å². The molecule has 2 aromatic carbocycles. The minimum atomic E-state index is -0.707. The highest BCUT2D eigenvalue weighted by Gasteiger charge is 2.16. The van der Waals surface area contributed by atoms with Crippen molar-refractivity contribution < 1.29 is 9.53 Å². The maximum Gasteiger partial charge on any atom is 0.341 e. The number of anilines is 1. The number of carbonyl (C=O) groups excluding carboxylic acids is 1. The Kier molecular flexibility index (Phi) is 6.05. The third-order valence-electron chi connectivity index (χ3n) is 2.81. The molecule has 0 amide bonds. The molecule has 0 aliphatic carbocycles. The summed E-state index contributed by atoms with van der Waals surface area (Å²) in [5.74, 6) is 5.55. The lowest BCUT2D eigenvalue weighted by atomic mass is 10.2. The molecule has 22 heavy (non-hydrogen) atoms. The molecule has 3 nitrogen and oxygen atoms in total. The zero-order chi connectivity index (χ0) is 15.8. The number of hydrogen-bond acceptors (Lipinski definition) is 3. The molecule has 1 unspecified atom stereocenters. The molecular weight excluding hydrogens is 342 g/mol. The summed E-state index contributed by atoms with van der Waals surface area (Å²) in [7, 11) is 0. The van der Waals surface area contributed by atoms with Crippen LogP contribution in [-0.2, 0) is 9.53 Å². The Labute approximate surface area is 138 Å². The van der Waals surface area contributed by atoms with Crippen LogP contribution in [0.15, 0.2) is 59.1 Å². The molecule has 0 heterocycles. The van der Waals surface area contributed by atoms with Gasteiger partial charge in [0.2, 0.25) is 0 Å². The van der Waals surface area contributed by atoms with E-state index < -0.39 is 6.04 Å². The number of hydrogen-bond donors (Lipinski definition) is 1. The van der Waals surface area contributed by atoms with E-state index in [0.717, 1.165) is 15.7 Å². The second-order valence-corrected chi connectivity index (χ2v) is 5.39. The minimum absolute atomic E-state index is 0.324. The third kappa shape index (κ3) is 4.94. The molecule has 0 aromatic heterocycles. The molecule has 2 rings (SSSR count). The largest absolute Gasteiger partial charge is 0.464 e. The van der Waals surface area contributed by atoms with Crippen LogP contribution < -0.4 is 5.32 Å². The molecule has 112 valence electrons. The van der Waals surface area contributed by atoms with E-state index in [1.165, 1.54) is 0 Å². The topological polar surface area (TPSA) is 38.3 Å².